The topological polar surface area (TPSA) is 110 Å². The van der Waals surface area contributed by atoms with Crippen molar-refractivity contribution < 1.29 is 33.3 Å². The standard InChI is InChI=1S/C12H13F2NO5.ClH/c1-2-20-12(19)8(14)9(15)6-3-5(11(17)18)4-7(13)10(6)16;/h3-4,8-9,16H,2,15H2,1H3,(H,17,18);1H/t8?,9-;/m1./s1. The number of phenolic OH excluding ortho intramolecular Hbond substituents is 1. The van der Waals surface area contributed by atoms with E-state index in [1.54, 1.807) is 0 Å². The van der Waals surface area contributed by atoms with Crippen LogP contribution in [0.1, 0.15) is 28.9 Å². The van der Waals surface area contributed by atoms with Gasteiger partial charge in [-0.15, -0.1) is 12.4 Å². The number of carboxylic acid groups (broad SMARTS) is 1. The van der Waals surface area contributed by atoms with Gasteiger partial charge in [0.2, 0.25) is 6.17 Å². The fourth-order valence-corrected chi connectivity index (χ4v) is 1.52. The van der Waals surface area contributed by atoms with Gasteiger partial charge in [0.15, 0.2) is 11.6 Å². The van der Waals surface area contributed by atoms with E-state index in [2.05, 4.69) is 4.74 Å². The molecule has 1 unspecified atom stereocenters. The Hall–Kier alpha value is -1.93. The number of benzene rings is 1. The summed E-state index contributed by atoms with van der Waals surface area (Å²) < 4.78 is 31.5. The molecule has 0 saturated heterocycles. The highest BCUT2D eigenvalue weighted by Crippen LogP contribution is 2.30. The van der Waals surface area contributed by atoms with Gasteiger partial charge in [-0.05, 0) is 19.1 Å². The number of nitrogens with two attached hydrogens (primary N) is 1. The number of ether oxygens (including phenoxy) is 1. The van der Waals surface area contributed by atoms with Gasteiger partial charge in [-0.3, -0.25) is 0 Å². The highest BCUT2D eigenvalue weighted by atomic mass is 35.5. The Labute approximate surface area is 124 Å². The van der Waals surface area contributed by atoms with Gasteiger partial charge in [0, 0.05) is 5.56 Å². The maximum atomic E-state index is 13.7. The third-order valence-electron chi connectivity index (χ3n) is 2.53. The van der Waals surface area contributed by atoms with E-state index in [0.717, 1.165) is 6.07 Å². The second kappa shape index (κ2) is 7.75. The Morgan fingerprint density at radius 3 is 2.48 bits per heavy atom. The molecule has 4 N–H and O–H groups in total. The number of aromatic hydroxyl groups is 1. The third-order valence-corrected chi connectivity index (χ3v) is 2.53. The van der Waals surface area contributed by atoms with E-state index in [1.165, 1.54) is 6.92 Å². The van der Waals surface area contributed by atoms with Crippen LogP contribution < -0.4 is 5.73 Å². The molecule has 0 aliphatic rings. The minimum atomic E-state index is -2.36. The summed E-state index contributed by atoms with van der Waals surface area (Å²) in [4.78, 5) is 22.0. The first-order chi connectivity index (χ1) is 9.29. The summed E-state index contributed by atoms with van der Waals surface area (Å²) in [7, 11) is 0. The summed E-state index contributed by atoms with van der Waals surface area (Å²) in [5.41, 5.74) is 4.36. The smallest absolute Gasteiger partial charge is 0.342 e. The molecule has 0 fully saturated rings. The number of carboxylic acids is 1. The first kappa shape index (κ1) is 19.1. The van der Waals surface area contributed by atoms with Gasteiger partial charge in [0.25, 0.3) is 0 Å². The number of halogens is 3. The SMILES string of the molecule is CCOC(=O)C(F)[C@H](N)c1cc(C(=O)O)cc(F)c1O.Cl. The summed E-state index contributed by atoms with van der Waals surface area (Å²) in [6.45, 7) is 1.37. The lowest BCUT2D eigenvalue weighted by atomic mass is 9.99. The van der Waals surface area contributed by atoms with Crippen molar-refractivity contribution in [2.24, 2.45) is 5.73 Å². The van der Waals surface area contributed by atoms with E-state index in [1.807, 2.05) is 0 Å². The van der Waals surface area contributed by atoms with Gasteiger partial charge in [0.05, 0.1) is 18.2 Å². The fourth-order valence-electron chi connectivity index (χ4n) is 1.52. The second-order valence-corrected chi connectivity index (χ2v) is 3.88. The molecule has 0 aliphatic heterocycles. The van der Waals surface area contributed by atoms with Crippen LogP contribution in [-0.2, 0) is 9.53 Å². The zero-order valence-corrected chi connectivity index (χ0v) is 11.7. The Kier molecular flexibility index (Phi) is 7.04. The van der Waals surface area contributed by atoms with Gasteiger partial charge in [0.1, 0.15) is 0 Å². The van der Waals surface area contributed by atoms with E-state index < -0.39 is 46.8 Å². The van der Waals surface area contributed by atoms with Gasteiger partial charge < -0.3 is 20.7 Å². The van der Waals surface area contributed by atoms with Crippen molar-refractivity contribution in [3.8, 4) is 5.75 Å². The molecule has 1 rings (SSSR count). The number of hydrogen-bond donors (Lipinski definition) is 3. The minimum Gasteiger partial charge on any atom is -0.505 e. The summed E-state index contributed by atoms with van der Waals surface area (Å²) in [6, 6.07) is -0.384. The molecule has 0 radical (unpaired) electrons. The van der Waals surface area contributed by atoms with Crippen LogP contribution in [0.4, 0.5) is 8.78 Å². The van der Waals surface area contributed by atoms with E-state index >= 15 is 0 Å². The number of alkyl halides is 1. The van der Waals surface area contributed by atoms with Crippen LogP contribution in [0, 0.1) is 5.82 Å². The van der Waals surface area contributed by atoms with Crippen molar-refractivity contribution in [1.29, 1.82) is 0 Å². The largest absolute Gasteiger partial charge is 0.505 e. The number of carbonyl (C=O) groups is 2. The van der Waals surface area contributed by atoms with Gasteiger partial charge in [-0.1, -0.05) is 0 Å². The predicted molar refractivity (Wildman–Crippen MR) is 70.7 cm³/mol. The number of esters is 1. The van der Waals surface area contributed by atoms with Crippen molar-refractivity contribution in [3.63, 3.8) is 0 Å². The first-order valence-electron chi connectivity index (χ1n) is 5.61. The molecule has 21 heavy (non-hydrogen) atoms. The average molecular weight is 326 g/mol. The van der Waals surface area contributed by atoms with E-state index in [-0.39, 0.29) is 19.0 Å². The van der Waals surface area contributed by atoms with Crippen molar-refractivity contribution >= 4 is 24.3 Å². The second-order valence-electron chi connectivity index (χ2n) is 3.88. The number of rotatable bonds is 5. The molecule has 0 amide bonds. The Morgan fingerprint density at radius 1 is 1.43 bits per heavy atom. The van der Waals surface area contributed by atoms with E-state index in [4.69, 9.17) is 10.8 Å². The zero-order chi connectivity index (χ0) is 15.4. The lowest BCUT2D eigenvalue weighted by Gasteiger charge is -2.17. The third kappa shape index (κ3) is 4.27. The Morgan fingerprint density at radius 2 is 2.00 bits per heavy atom. The van der Waals surface area contributed by atoms with E-state index in [9.17, 15) is 23.5 Å². The van der Waals surface area contributed by atoms with Gasteiger partial charge >= 0.3 is 11.9 Å². The molecule has 2 atom stereocenters. The molecule has 0 saturated carbocycles. The van der Waals surface area contributed by atoms with Crippen LogP contribution in [0.15, 0.2) is 12.1 Å². The van der Waals surface area contributed by atoms with Gasteiger partial charge in [-0.25, -0.2) is 18.4 Å². The van der Waals surface area contributed by atoms with Crippen molar-refractivity contribution in [3.05, 3.63) is 29.1 Å². The molecule has 1 aromatic carbocycles. The number of hydrogen-bond acceptors (Lipinski definition) is 5. The van der Waals surface area contributed by atoms with Crippen LogP contribution in [-0.4, -0.2) is 34.9 Å². The van der Waals surface area contributed by atoms with Crippen LogP contribution in [0.3, 0.4) is 0 Å². The molecule has 9 heteroatoms. The quantitative estimate of drug-likeness (QED) is 0.709. The Bertz CT molecular complexity index is 541. The molecule has 1 aromatic rings. The highest BCUT2D eigenvalue weighted by Gasteiger charge is 2.31. The molecule has 0 heterocycles. The van der Waals surface area contributed by atoms with Crippen LogP contribution >= 0.6 is 12.4 Å². The van der Waals surface area contributed by atoms with Crippen LogP contribution in [0.2, 0.25) is 0 Å². The van der Waals surface area contributed by atoms with Crippen LogP contribution in [0.25, 0.3) is 0 Å². The first-order valence-corrected chi connectivity index (χ1v) is 5.61. The molecule has 0 aliphatic carbocycles. The fraction of sp³-hybridized carbons (Fsp3) is 0.333. The number of carbonyl (C=O) groups excluding carboxylic acids is 1. The van der Waals surface area contributed by atoms with Crippen LogP contribution in [0.5, 0.6) is 5.75 Å². The van der Waals surface area contributed by atoms with Crippen molar-refractivity contribution in [2.75, 3.05) is 6.61 Å². The summed E-state index contributed by atoms with van der Waals surface area (Å²) in [5, 5.41) is 18.2. The summed E-state index contributed by atoms with van der Waals surface area (Å²) >= 11 is 0. The molecule has 0 bridgehead atoms. The molecule has 0 spiro atoms. The maximum absolute atomic E-state index is 13.7. The maximum Gasteiger partial charge on any atom is 0.342 e. The average Bonchev–Trinajstić information content (AvgIpc) is 2.40. The van der Waals surface area contributed by atoms with Crippen molar-refractivity contribution in [2.45, 2.75) is 19.1 Å². The highest BCUT2D eigenvalue weighted by molar-refractivity contribution is 5.88. The Balaban J connectivity index is 0.00000400. The molecular weight excluding hydrogens is 312 g/mol. The van der Waals surface area contributed by atoms with Gasteiger partial charge in [-0.2, -0.15) is 0 Å². The normalized spacial score (nSPS) is 13.0. The molecule has 0 aromatic heterocycles. The monoisotopic (exact) mass is 325 g/mol. The lowest BCUT2D eigenvalue weighted by Crippen LogP contribution is -2.31. The molecular formula is C12H14ClF2NO5. The summed E-state index contributed by atoms with van der Waals surface area (Å²) in [6.07, 6.45) is -2.36. The lowest BCUT2D eigenvalue weighted by molar-refractivity contribution is -0.149. The number of phenols is 1. The van der Waals surface area contributed by atoms with Crippen molar-refractivity contribution in [1.82, 2.24) is 0 Å². The molecule has 118 valence electrons. The summed E-state index contributed by atoms with van der Waals surface area (Å²) in [5.74, 6) is -5.04. The predicted octanol–water partition coefficient (Wildman–Crippen LogP) is 1.55. The molecule has 6 nitrogen and oxygen atoms in total. The zero-order valence-electron chi connectivity index (χ0n) is 10.9. The van der Waals surface area contributed by atoms with E-state index in [0.29, 0.717) is 6.07 Å². The number of aromatic carboxylic acids is 1. The minimum absolute atomic E-state index is 0.